The zero-order valence-electron chi connectivity index (χ0n) is 11.8. The summed E-state index contributed by atoms with van der Waals surface area (Å²) >= 11 is 0. The Morgan fingerprint density at radius 3 is 2.21 bits per heavy atom. The fraction of sp³-hybridized carbons (Fsp3) is 0.571. The third-order valence-corrected chi connectivity index (χ3v) is 2.89. The molecule has 0 saturated heterocycles. The van der Waals surface area contributed by atoms with Crippen molar-refractivity contribution in [3.8, 4) is 5.75 Å². The molecule has 108 valence electrons. The molecule has 1 aromatic rings. The van der Waals surface area contributed by atoms with Crippen LogP contribution in [0.1, 0.15) is 30.5 Å². The molecule has 2 N–H and O–H groups in total. The van der Waals surface area contributed by atoms with Crippen molar-refractivity contribution >= 4 is 0 Å². The van der Waals surface area contributed by atoms with E-state index in [-0.39, 0.29) is 17.9 Å². The maximum Gasteiger partial charge on any atom is 0.387 e. The molecule has 0 saturated carbocycles. The van der Waals surface area contributed by atoms with Gasteiger partial charge in [-0.3, -0.25) is 0 Å². The number of aliphatic hydroxyl groups excluding tert-OH is 1. The summed E-state index contributed by atoms with van der Waals surface area (Å²) < 4.78 is 29.0. The zero-order chi connectivity index (χ0) is 14.6. The van der Waals surface area contributed by atoms with Gasteiger partial charge in [0.05, 0.1) is 6.61 Å². The molecule has 0 radical (unpaired) electrons. The third kappa shape index (κ3) is 4.76. The third-order valence-electron chi connectivity index (χ3n) is 2.89. The minimum atomic E-state index is -2.81. The van der Waals surface area contributed by atoms with Crippen LogP contribution < -0.4 is 10.1 Å². The Kier molecular flexibility index (Phi) is 5.26. The number of ether oxygens (including phenoxy) is 1. The molecule has 0 amide bonds. The van der Waals surface area contributed by atoms with Crippen molar-refractivity contribution in [2.75, 3.05) is 6.61 Å². The molecular formula is C14H21F2NO2. The predicted octanol–water partition coefficient (Wildman–Crippen LogP) is 2.77. The van der Waals surface area contributed by atoms with E-state index < -0.39 is 6.61 Å². The quantitative estimate of drug-likeness (QED) is 0.837. The minimum Gasteiger partial charge on any atom is -0.434 e. The van der Waals surface area contributed by atoms with E-state index in [4.69, 9.17) is 5.11 Å². The van der Waals surface area contributed by atoms with Crippen molar-refractivity contribution < 1.29 is 18.6 Å². The number of benzene rings is 1. The van der Waals surface area contributed by atoms with Gasteiger partial charge in [0.25, 0.3) is 0 Å². The normalized spacial score (nSPS) is 12.0. The van der Waals surface area contributed by atoms with Crippen LogP contribution in [0.15, 0.2) is 12.1 Å². The largest absolute Gasteiger partial charge is 0.434 e. The van der Waals surface area contributed by atoms with Crippen molar-refractivity contribution in [1.29, 1.82) is 0 Å². The van der Waals surface area contributed by atoms with Gasteiger partial charge in [-0.15, -0.1) is 0 Å². The van der Waals surface area contributed by atoms with Crippen LogP contribution >= 0.6 is 0 Å². The summed E-state index contributed by atoms with van der Waals surface area (Å²) in [5, 5.41) is 12.4. The Hall–Kier alpha value is -1.20. The van der Waals surface area contributed by atoms with Crippen molar-refractivity contribution in [1.82, 2.24) is 5.32 Å². The smallest absolute Gasteiger partial charge is 0.387 e. The first-order valence-electron chi connectivity index (χ1n) is 6.16. The average Bonchev–Trinajstić information content (AvgIpc) is 2.31. The van der Waals surface area contributed by atoms with E-state index in [2.05, 4.69) is 10.1 Å². The first kappa shape index (κ1) is 15.9. The molecule has 0 atom stereocenters. The summed E-state index contributed by atoms with van der Waals surface area (Å²) in [4.78, 5) is 0. The summed E-state index contributed by atoms with van der Waals surface area (Å²) in [7, 11) is 0. The summed E-state index contributed by atoms with van der Waals surface area (Å²) in [5.41, 5.74) is 1.95. The van der Waals surface area contributed by atoms with Crippen LogP contribution in [0.25, 0.3) is 0 Å². The van der Waals surface area contributed by atoms with Gasteiger partial charge in [0.2, 0.25) is 0 Å². The first-order chi connectivity index (χ1) is 8.75. The van der Waals surface area contributed by atoms with Crippen LogP contribution in [-0.4, -0.2) is 23.9 Å². The zero-order valence-corrected chi connectivity index (χ0v) is 11.8. The monoisotopic (exact) mass is 273 g/mol. The van der Waals surface area contributed by atoms with Crippen molar-refractivity contribution in [3.05, 3.63) is 28.8 Å². The van der Waals surface area contributed by atoms with Crippen LogP contribution in [0.5, 0.6) is 5.75 Å². The lowest BCUT2D eigenvalue weighted by atomic mass is 10.0. The van der Waals surface area contributed by atoms with Gasteiger partial charge in [-0.25, -0.2) is 0 Å². The number of hydrogen-bond acceptors (Lipinski definition) is 3. The predicted molar refractivity (Wildman–Crippen MR) is 70.6 cm³/mol. The van der Waals surface area contributed by atoms with E-state index in [1.807, 2.05) is 26.0 Å². The lowest BCUT2D eigenvalue weighted by molar-refractivity contribution is -0.0507. The SMILES string of the molecule is Cc1cc(CNC(C)(C)CO)cc(C)c1OC(F)F. The number of rotatable bonds is 6. The van der Waals surface area contributed by atoms with Gasteiger partial charge in [0, 0.05) is 12.1 Å². The molecule has 0 unspecified atom stereocenters. The van der Waals surface area contributed by atoms with Gasteiger partial charge < -0.3 is 15.2 Å². The molecule has 5 heteroatoms. The van der Waals surface area contributed by atoms with Gasteiger partial charge in [0.1, 0.15) is 5.75 Å². The molecule has 0 aromatic heterocycles. The Morgan fingerprint density at radius 2 is 1.79 bits per heavy atom. The van der Waals surface area contributed by atoms with Crippen LogP contribution in [0, 0.1) is 13.8 Å². The van der Waals surface area contributed by atoms with Gasteiger partial charge in [-0.1, -0.05) is 12.1 Å². The number of alkyl halides is 2. The lowest BCUT2D eigenvalue weighted by Gasteiger charge is -2.24. The van der Waals surface area contributed by atoms with Crippen molar-refractivity contribution in [2.45, 2.75) is 46.4 Å². The van der Waals surface area contributed by atoms with Gasteiger partial charge in [0.15, 0.2) is 0 Å². The number of aryl methyl sites for hydroxylation is 2. The van der Waals surface area contributed by atoms with E-state index in [0.717, 1.165) is 5.56 Å². The molecule has 0 bridgehead atoms. The highest BCUT2D eigenvalue weighted by molar-refractivity contribution is 5.43. The molecule has 0 aliphatic rings. The van der Waals surface area contributed by atoms with E-state index in [9.17, 15) is 8.78 Å². The van der Waals surface area contributed by atoms with E-state index in [1.54, 1.807) is 13.8 Å². The standard InChI is InChI=1S/C14H21F2NO2/c1-9-5-11(7-17-14(3,4)8-18)6-10(2)12(9)19-13(15)16/h5-6,13,17-18H,7-8H2,1-4H3. The Morgan fingerprint density at radius 1 is 1.26 bits per heavy atom. The fourth-order valence-corrected chi connectivity index (χ4v) is 1.81. The highest BCUT2D eigenvalue weighted by Gasteiger charge is 2.16. The summed E-state index contributed by atoms with van der Waals surface area (Å²) in [6.45, 7) is 5.04. The van der Waals surface area contributed by atoms with Crippen LogP contribution in [0.2, 0.25) is 0 Å². The molecule has 19 heavy (non-hydrogen) atoms. The average molecular weight is 273 g/mol. The number of hydrogen-bond donors (Lipinski definition) is 2. The molecule has 0 aliphatic heterocycles. The Balaban J connectivity index is 2.83. The number of aliphatic hydroxyl groups is 1. The lowest BCUT2D eigenvalue weighted by Crippen LogP contribution is -2.42. The number of halogens is 2. The maximum atomic E-state index is 12.3. The molecule has 1 rings (SSSR count). The maximum absolute atomic E-state index is 12.3. The van der Waals surface area contributed by atoms with Crippen molar-refractivity contribution in [3.63, 3.8) is 0 Å². The molecular weight excluding hydrogens is 252 g/mol. The van der Waals surface area contributed by atoms with Crippen LogP contribution in [0.4, 0.5) is 8.78 Å². The molecule has 1 aromatic carbocycles. The van der Waals surface area contributed by atoms with Crippen molar-refractivity contribution in [2.24, 2.45) is 0 Å². The topological polar surface area (TPSA) is 41.5 Å². The Bertz CT molecular complexity index is 410. The van der Waals surface area contributed by atoms with Gasteiger partial charge >= 0.3 is 6.61 Å². The summed E-state index contributed by atoms with van der Waals surface area (Å²) in [5.74, 6) is 0.236. The molecule has 0 aliphatic carbocycles. The molecule has 3 nitrogen and oxygen atoms in total. The van der Waals surface area contributed by atoms with E-state index in [1.165, 1.54) is 0 Å². The van der Waals surface area contributed by atoms with Crippen LogP contribution in [-0.2, 0) is 6.54 Å². The summed E-state index contributed by atoms with van der Waals surface area (Å²) in [6, 6.07) is 3.62. The second-order valence-corrected chi connectivity index (χ2v) is 5.33. The minimum absolute atomic E-state index is 0.0253. The van der Waals surface area contributed by atoms with Crippen LogP contribution in [0.3, 0.4) is 0 Å². The highest BCUT2D eigenvalue weighted by Crippen LogP contribution is 2.26. The first-order valence-corrected chi connectivity index (χ1v) is 6.16. The number of nitrogens with one attached hydrogen (secondary N) is 1. The fourth-order valence-electron chi connectivity index (χ4n) is 1.81. The second kappa shape index (κ2) is 6.30. The van der Waals surface area contributed by atoms with Gasteiger partial charge in [-0.05, 0) is 44.4 Å². The van der Waals surface area contributed by atoms with E-state index in [0.29, 0.717) is 17.7 Å². The molecule has 0 heterocycles. The molecule has 0 spiro atoms. The van der Waals surface area contributed by atoms with E-state index >= 15 is 0 Å². The highest BCUT2D eigenvalue weighted by atomic mass is 19.3. The Labute approximate surface area is 112 Å². The molecule has 0 fully saturated rings. The second-order valence-electron chi connectivity index (χ2n) is 5.33. The van der Waals surface area contributed by atoms with Gasteiger partial charge in [-0.2, -0.15) is 8.78 Å². The summed E-state index contributed by atoms with van der Waals surface area (Å²) in [6.07, 6.45) is 0.